The first kappa shape index (κ1) is 16.4. The van der Waals surface area contributed by atoms with Crippen LogP contribution in [-0.2, 0) is 12.8 Å². The normalized spacial score (nSPS) is 14.3. The SMILES string of the molecule is Cc1c2c3c(c(=O)c(C)c4c-3c(c1=O)c1c(C)c(=O)c3c5c(c(C)c(=O)c4c1-5)C3)C2. The molecule has 0 amide bonds. The van der Waals surface area contributed by atoms with Crippen LogP contribution in [0.2, 0.25) is 0 Å². The van der Waals surface area contributed by atoms with Crippen molar-refractivity contribution in [2.24, 2.45) is 0 Å². The van der Waals surface area contributed by atoms with Gasteiger partial charge in [-0.05, 0) is 49.9 Å². The van der Waals surface area contributed by atoms with E-state index in [0.29, 0.717) is 67.8 Å². The van der Waals surface area contributed by atoms with E-state index in [2.05, 4.69) is 0 Å². The average molecular weight is 392 g/mol. The summed E-state index contributed by atoms with van der Waals surface area (Å²) in [5.74, 6) is 0. The lowest BCUT2D eigenvalue weighted by molar-refractivity contribution is 1.04. The molecule has 4 nitrogen and oxygen atoms in total. The Morgan fingerprint density at radius 3 is 1.13 bits per heavy atom. The molecule has 0 spiro atoms. The van der Waals surface area contributed by atoms with Gasteiger partial charge in [0.25, 0.3) is 0 Å². The van der Waals surface area contributed by atoms with Crippen LogP contribution in [0.1, 0.15) is 44.5 Å². The second-order valence-corrected chi connectivity index (χ2v) is 9.08. The van der Waals surface area contributed by atoms with Gasteiger partial charge in [-0.25, -0.2) is 0 Å². The van der Waals surface area contributed by atoms with E-state index in [1.54, 1.807) is 27.7 Å². The van der Waals surface area contributed by atoms with Crippen LogP contribution >= 0.6 is 0 Å². The summed E-state index contributed by atoms with van der Waals surface area (Å²) in [4.78, 5) is 53.4. The molecule has 0 saturated carbocycles. The first-order valence-corrected chi connectivity index (χ1v) is 10.2. The van der Waals surface area contributed by atoms with Crippen molar-refractivity contribution in [2.45, 2.75) is 40.5 Å². The maximum atomic E-state index is 13.6. The minimum Gasteiger partial charge on any atom is -0.289 e. The molecule has 0 fully saturated rings. The molecule has 6 aliphatic carbocycles. The lowest BCUT2D eigenvalue weighted by Gasteiger charge is -2.34. The Balaban J connectivity index is 2.03. The van der Waals surface area contributed by atoms with Crippen molar-refractivity contribution in [3.63, 3.8) is 0 Å². The van der Waals surface area contributed by atoms with Crippen LogP contribution in [0.25, 0.3) is 43.8 Å². The molecule has 6 aliphatic rings. The average Bonchev–Trinajstić information content (AvgIpc) is 2.66. The number of benzene rings is 5. The standard InChI is InChI=1S/C26H16O4/c1-7-11-5-13-17(11)19-16(10(4)23(13)27)22-20-15(21(19)25(7)29)9(3)24(28)14-6-12(18(14)20)8(2)26(22)30/h5-6H2,1-4H3. The topological polar surface area (TPSA) is 68.3 Å². The van der Waals surface area contributed by atoms with Crippen molar-refractivity contribution in [1.82, 2.24) is 0 Å². The summed E-state index contributed by atoms with van der Waals surface area (Å²) in [5, 5.41) is 2.27. The molecular formula is C26H16O4. The Morgan fingerprint density at radius 2 is 0.767 bits per heavy atom. The van der Waals surface area contributed by atoms with E-state index < -0.39 is 0 Å². The smallest absolute Gasteiger partial charge is 0.190 e. The Bertz CT molecular complexity index is 1710. The molecule has 0 radical (unpaired) electrons. The molecular weight excluding hydrogens is 376 g/mol. The maximum Gasteiger partial charge on any atom is 0.190 e. The van der Waals surface area contributed by atoms with Gasteiger partial charge in [-0.1, -0.05) is 0 Å². The summed E-state index contributed by atoms with van der Waals surface area (Å²) in [5.41, 5.74) is 8.54. The summed E-state index contributed by atoms with van der Waals surface area (Å²) in [6.45, 7) is 7.14. The first-order valence-electron chi connectivity index (χ1n) is 10.2. The Kier molecular flexibility index (Phi) is 2.47. The van der Waals surface area contributed by atoms with Gasteiger partial charge in [-0.3, -0.25) is 19.2 Å². The van der Waals surface area contributed by atoms with Crippen LogP contribution in [0.15, 0.2) is 19.2 Å². The Labute approximate surface area is 170 Å². The van der Waals surface area contributed by atoms with Crippen LogP contribution in [-0.4, -0.2) is 0 Å². The van der Waals surface area contributed by atoms with Crippen LogP contribution < -0.4 is 21.7 Å². The minimum absolute atomic E-state index is 0.0267. The zero-order chi connectivity index (χ0) is 21.0. The molecule has 1 aromatic rings. The highest BCUT2D eigenvalue weighted by Gasteiger charge is 2.40. The zero-order valence-electron chi connectivity index (χ0n) is 17.0. The van der Waals surface area contributed by atoms with E-state index in [-0.39, 0.29) is 21.7 Å². The molecule has 1 aromatic carbocycles. The largest absolute Gasteiger partial charge is 0.289 e. The second kappa shape index (κ2) is 4.51. The predicted octanol–water partition coefficient (Wildman–Crippen LogP) is 3.00. The molecule has 0 N–H and O–H groups in total. The van der Waals surface area contributed by atoms with Crippen LogP contribution in [0.4, 0.5) is 0 Å². The second-order valence-electron chi connectivity index (χ2n) is 9.08. The van der Waals surface area contributed by atoms with Crippen molar-refractivity contribution in [3.05, 3.63) is 85.4 Å². The molecule has 0 unspecified atom stereocenters. The third-order valence-corrected chi connectivity index (χ3v) is 7.93. The number of hydrogen-bond donors (Lipinski definition) is 0. The summed E-state index contributed by atoms with van der Waals surface area (Å²) < 4.78 is 0. The van der Waals surface area contributed by atoms with Gasteiger partial charge in [0.15, 0.2) is 21.7 Å². The van der Waals surface area contributed by atoms with Gasteiger partial charge in [0.05, 0.1) is 0 Å². The highest BCUT2D eigenvalue weighted by Crippen LogP contribution is 2.53. The summed E-state index contributed by atoms with van der Waals surface area (Å²) in [6.07, 6.45) is 1.00. The van der Waals surface area contributed by atoms with E-state index >= 15 is 0 Å². The molecule has 4 heteroatoms. The molecule has 144 valence electrons. The fourth-order valence-corrected chi connectivity index (χ4v) is 6.27. The molecule has 0 heterocycles. The van der Waals surface area contributed by atoms with Gasteiger partial charge >= 0.3 is 0 Å². The quantitative estimate of drug-likeness (QED) is 0.294. The lowest BCUT2D eigenvalue weighted by Crippen LogP contribution is -2.32. The van der Waals surface area contributed by atoms with Crippen molar-refractivity contribution in [1.29, 1.82) is 0 Å². The maximum absolute atomic E-state index is 13.6. The van der Waals surface area contributed by atoms with Crippen LogP contribution in [0.3, 0.4) is 0 Å². The lowest BCUT2D eigenvalue weighted by atomic mass is 9.66. The number of fused-ring (bicyclic) bond motifs is 2. The fraction of sp³-hybridized carbons (Fsp3) is 0.231. The predicted molar refractivity (Wildman–Crippen MR) is 118 cm³/mol. The molecule has 7 rings (SSSR count). The number of aryl methyl sites for hydroxylation is 2. The molecule has 0 aromatic heterocycles. The Morgan fingerprint density at radius 1 is 0.400 bits per heavy atom. The van der Waals surface area contributed by atoms with E-state index in [4.69, 9.17) is 0 Å². The van der Waals surface area contributed by atoms with Crippen molar-refractivity contribution in [3.8, 4) is 22.3 Å². The third-order valence-electron chi connectivity index (χ3n) is 7.93. The highest BCUT2D eigenvalue weighted by atomic mass is 16.1. The number of rotatable bonds is 0. The molecule has 0 saturated heterocycles. The van der Waals surface area contributed by atoms with Gasteiger partial charge in [0.1, 0.15) is 0 Å². The summed E-state index contributed by atoms with van der Waals surface area (Å²) >= 11 is 0. The molecule has 30 heavy (non-hydrogen) atoms. The molecule has 0 bridgehead atoms. The minimum atomic E-state index is -0.0835. The number of hydrogen-bond acceptors (Lipinski definition) is 4. The zero-order valence-corrected chi connectivity index (χ0v) is 17.0. The Hall–Kier alpha value is -3.40. The van der Waals surface area contributed by atoms with E-state index in [1.165, 1.54) is 0 Å². The van der Waals surface area contributed by atoms with Gasteiger partial charge in [-0.2, -0.15) is 0 Å². The van der Waals surface area contributed by atoms with E-state index in [0.717, 1.165) is 33.4 Å². The first-order chi connectivity index (χ1) is 14.3. The van der Waals surface area contributed by atoms with Crippen molar-refractivity contribution in [2.75, 3.05) is 0 Å². The van der Waals surface area contributed by atoms with Gasteiger partial charge in [0, 0.05) is 78.9 Å². The summed E-state index contributed by atoms with van der Waals surface area (Å²) in [7, 11) is 0. The van der Waals surface area contributed by atoms with Gasteiger partial charge < -0.3 is 0 Å². The third kappa shape index (κ3) is 1.35. The van der Waals surface area contributed by atoms with Crippen molar-refractivity contribution < 1.29 is 0 Å². The highest BCUT2D eigenvalue weighted by molar-refractivity contribution is 6.26. The molecule has 0 atom stereocenters. The van der Waals surface area contributed by atoms with Crippen LogP contribution in [0.5, 0.6) is 0 Å². The van der Waals surface area contributed by atoms with E-state index in [1.807, 2.05) is 0 Å². The molecule has 0 aliphatic heterocycles. The van der Waals surface area contributed by atoms with Gasteiger partial charge in [-0.15, -0.1) is 0 Å². The fourth-order valence-electron chi connectivity index (χ4n) is 6.27. The van der Waals surface area contributed by atoms with Gasteiger partial charge in [0.2, 0.25) is 0 Å². The van der Waals surface area contributed by atoms with Crippen LogP contribution in [0, 0.1) is 27.7 Å². The monoisotopic (exact) mass is 392 g/mol. The van der Waals surface area contributed by atoms with E-state index in [9.17, 15) is 19.2 Å². The summed E-state index contributed by atoms with van der Waals surface area (Å²) in [6, 6.07) is 0. The van der Waals surface area contributed by atoms with Crippen molar-refractivity contribution >= 4 is 21.5 Å².